The zero-order valence-electron chi connectivity index (χ0n) is 36.1. The third kappa shape index (κ3) is 41.1. The van der Waals surface area contributed by atoms with Crippen molar-refractivity contribution in [1.82, 2.24) is 0 Å². The molecule has 2 atom stereocenters. The molecule has 0 amide bonds. The summed E-state index contributed by atoms with van der Waals surface area (Å²) in [6.07, 6.45) is 47.4. The highest BCUT2D eigenvalue weighted by Gasteiger charge is 2.26. The minimum absolute atomic E-state index is 0.00258. The van der Waals surface area contributed by atoms with Gasteiger partial charge >= 0.3 is 19.8 Å². The van der Waals surface area contributed by atoms with Gasteiger partial charge in [-0.3, -0.25) is 13.8 Å². The lowest BCUT2D eigenvalue weighted by molar-refractivity contribution is -0.870. The van der Waals surface area contributed by atoms with E-state index in [1.807, 2.05) is 57.6 Å². The van der Waals surface area contributed by atoms with Gasteiger partial charge in [-0.15, -0.1) is 0 Å². The van der Waals surface area contributed by atoms with Crippen molar-refractivity contribution in [3.63, 3.8) is 0 Å². The Labute approximate surface area is 342 Å². The van der Waals surface area contributed by atoms with Crippen LogP contribution in [0.3, 0.4) is 0 Å². The van der Waals surface area contributed by atoms with Crippen LogP contribution >= 0.6 is 7.82 Å². The van der Waals surface area contributed by atoms with E-state index >= 15 is 0 Å². The number of carbonyl (C=O) groups excluding carboxylic acids is 2. The normalized spacial score (nSPS) is 14.3. The number of allylic oxidation sites excluding steroid dienone is 11. The van der Waals surface area contributed by atoms with Gasteiger partial charge in [0.25, 0.3) is 0 Å². The van der Waals surface area contributed by atoms with E-state index in [4.69, 9.17) is 18.5 Å². The second-order valence-electron chi connectivity index (χ2n) is 15.6. The summed E-state index contributed by atoms with van der Waals surface area (Å²) in [5.41, 5.74) is 0. The third-order valence-corrected chi connectivity index (χ3v) is 9.96. The summed E-state index contributed by atoms with van der Waals surface area (Å²) >= 11 is 0. The van der Waals surface area contributed by atoms with Gasteiger partial charge < -0.3 is 18.9 Å². The quantitative estimate of drug-likeness (QED) is 0.0164. The van der Waals surface area contributed by atoms with E-state index in [2.05, 4.69) is 26.0 Å². The molecule has 0 rings (SSSR count). The van der Waals surface area contributed by atoms with E-state index in [1.54, 1.807) is 12.2 Å². The van der Waals surface area contributed by atoms with Crippen molar-refractivity contribution in [1.29, 1.82) is 0 Å². The molecule has 0 aromatic heterocycles. The van der Waals surface area contributed by atoms with Crippen LogP contribution in [0, 0.1) is 0 Å². The van der Waals surface area contributed by atoms with Crippen molar-refractivity contribution in [2.75, 3.05) is 47.5 Å². The van der Waals surface area contributed by atoms with Crippen molar-refractivity contribution >= 4 is 19.8 Å². The fraction of sp³-hybridized carbons (Fsp3) is 0.696. The van der Waals surface area contributed by atoms with Gasteiger partial charge in [0.2, 0.25) is 0 Å². The summed E-state index contributed by atoms with van der Waals surface area (Å²) in [4.78, 5) is 35.2. The van der Waals surface area contributed by atoms with E-state index in [9.17, 15) is 19.0 Å². The number of phosphoric acid groups is 1. The molecule has 0 aliphatic rings. The number of likely N-dealkylation sites (N-methyl/N-ethyl adjacent to an activating group) is 1. The van der Waals surface area contributed by atoms with Crippen LogP contribution in [0.5, 0.6) is 0 Å². The topological polar surface area (TPSA) is 108 Å². The predicted octanol–water partition coefficient (Wildman–Crippen LogP) is 12.2. The van der Waals surface area contributed by atoms with Crippen molar-refractivity contribution in [3.8, 4) is 0 Å². The highest BCUT2D eigenvalue weighted by Crippen LogP contribution is 2.43. The molecule has 1 N–H and O–H groups in total. The predicted molar refractivity (Wildman–Crippen MR) is 233 cm³/mol. The van der Waals surface area contributed by atoms with E-state index in [0.29, 0.717) is 11.0 Å². The Bertz CT molecular complexity index is 1180. The van der Waals surface area contributed by atoms with Crippen LogP contribution in [-0.2, 0) is 32.7 Å². The van der Waals surface area contributed by atoms with Crippen LogP contribution < -0.4 is 0 Å². The molecule has 1 unspecified atom stereocenters. The van der Waals surface area contributed by atoms with Gasteiger partial charge in [0, 0.05) is 12.5 Å². The number of rotatable bonds is 38. The van der Waals surface area contributed by atoms with Crippen LogP contribution in [-0.4, -0.2) is 74.9 Å². The fourth-order valence-corrected chi connectivity index (χ4v) is 6.29. The number of quaternary nitrogens is 1. The first-order valence-electron chi connectivity index (χ1n) is 21.8. The standard InChI is InChI=1S/C46H80NO8P/c1-6-8-10-12-14-16-18-20-21-22-23-24-25-27-29-31-33-35-37-39-46(49)55-44(43-54-56(50,51)53-41-40-47(3,4)5)42-52-45(48)38-36-34-32-30-28-26-19-17-15-13-11-9-7-2/h21-25,27,29,31,33,35,37,39,44H,6-20,26,28,30,32,34,36,38,40-43H2,1-5H3/p+1/t44-/m1/s1. The molecule has 0 radical (unpaired) electrons. The van der Waals surface area contributed by atoms with E-state index < -0.39 is 32.5 Å². The summed E-state index contributed by atoms with van der Waals surface area (Å²) in [6, 6.07) is 0. The van der Waals surface area contributed by atoms with E-state index in [1.165, 1.54) is 121 Å². The van der Waals surface area contributed by atoms with Gasteiger partial charge in [0.1, 0.15) is 19.8 Å². The fourth-order valence-electron chi connectivity index (χ4n) is 5.55. The summed E-state index contributed by atoms with van der Waals surface area (Å²) in [6.45, 7) is 4.21. The lowest BCUT2D eigenvalue weighted by Crippen LogP contribution is -2.37. The number of hydrogen-bond acceptors (Lipinski definition) is 7. The number of phosphoric ester groups is 1. The molecule has 0 heterocycles. The first-order chi connectivity index (χ1) is 27.0. The Morgan fingerprint density at radius 1 is 0.589 bits per heavy atom. The van der Waals surface area contributed by atoms with Gasteiger partial charge in [-0.05, 0) is 19.3 Å². The molecule has 322 valence electrons. The Morgan fingerprint density at radius 3 is 1.54 bits per heavy atom. The Kier molecular flexibility index (Phi) is 36.3. The molecule has 0 aromatic carbocycles. The van der Waals surface area contributed by atoms with Crippen molar-refractivity contribution in [2.45, 2.75) is 161 Å². The zero-order valence-corrected chi connectivity index (χ0v) is 37.0. The van der Waals surface area contributed by atoms with E-state index in [0.717, 1.165) is 25.7 Å². The molecule has 0 aliphatic carbocycles. The van der Waals surface area contributed by atoms with E-state index in [-0.39, 0.29) is 19.6 Å². The minimum atomic E-state index is -4.42. The Hall–Kier alpha value is -2.55. The SMILES string of the molecule is CCCCCCCCCC=CC=CC=CC=CC=CC=CC(=O)O[C@H](COC(=O)CCCCCCCCCCCCCCC)COP(=O)(O)OCC[N+](C)(C)C. The molecular formula is C46H81NO8P+. The molecule has 0 saturated carbocycles. The van der Waals surface area contributed by atoms with Crippen LogP contribution in [0.25, 0.3) is 0 Å². The maximum absolute atomic E-state index is 12.5. The maximum atomic E-state index is 12.5. The first-order valence-corrected chi connectivity index (χ1v) is 23.3. The van der Waals surface area contributed by atoms with Crippen LogP contribution in [0.15, 0.2) is 72.9 Å². The smallest absolute Gasteiger partial charge is 0.462 e. The monoisotopic (exact) mass is 807 g/mol. The lowest BCUT2D eigenvalue weighted by Gasteiger charge is -2.24. The molecule has 0 bridgehead atoms. The number of esters is 2. The number of hydrogen-bond donors (Lipinski definition) is 1. The molecule has 0 saturated heterocycles. The summed E-state index contributed by atoms with van der Waals surface area (Å²) in [7, 11) is 1.38. The molecule has 9 nitrogen and oxygen atoms in total. The zero-order chi connectivity index (χ0) is 41.4. The number of unbranched alkanes of at least 4 members (excludes halogenated alkanes) is 19. The molecule has 0 aromatic rings. The summed E-state index contributed by atoms with van der Waals surface area (Å²) < 4.78 is 34.0. The molecule has 0 aliphatic heterocycles. The largest absolute Gasteiger partial charge is 0.472 e. The van der Waals surface area contributed by atoms with Gasteiger partial charge in [0.15, 0.2) is 6.10 Å². The van der Waals surface area contributed by atoms with Crippen molar-refractivity contribution in [3.05, 3.63) is 72.9 Å². The summed E-state index contributed by atoms with van der Waals surface area (Å²) in [5.74, 6) is -1.12. The average Bonchev–Trinajstić information content (AvgIpc) is 3.15. The first kappa shape index (κ1) is 53.5. The van der Waals surface area contributed by atoms with Gasteiger partial charge in [-0.2, -0.15) is 0 Å². The number of ether oxygens (including phenoxy) is 2. The third-order valence-electron chi connectivity index (χ3n) is 8.98. The molecular weight excluding hydrogens is 725 g/mol. The van der Waals surface area contributed by atoms with Gasteiger partial charge in [0.05, 0.1) is 27.7 Å². The molecule has 10 heteroatoms. The second kappa shape index (κ2) is 38.0. The van der Waals surface area contributed by atoms with Crippen molar-refractivity contribution < 1.29 is 42.1 Å². The minimum Gasteiger partial charge on any atom is -0.462 e. The summed E-state index contributed by atoms with van der Waals surface area (Å²) in [5, 5.41) is 0. The highest BCUT2D eigenvalue weighted by atomic mass is 31.2. The van der Waals surface area contributed by atoms with Crippen LogP contribution in [0.2, 0.25) is 0 Å². The molecule has 0 spiro atoms. The van der Waals surface area contributed by atoms with Crippen molar-refractivity contribution in [2.24, 2.45) is 0 Å². The Morgan fingerprint density at radius 2 is 1.04 bits per heavy atom. The number of nitrogens with zero attached hydrogens (tertiary/aromatic N) is 1. The van der Waals surface area contributed by atoms with Gasteiger partial charge in [-0.1, -0.05) is 196 Å². The Balaban J connectivity index is 4.64. The molecule has 0 fully saturated rings. The second-order valence-corrected chi connectivity index (χ2v) is 17.0. The molecule has 56 heavy (non-hydrogen) atoms. The van der Waals surface area contributed by atoms with Gasteiger partial charge in [-0.25, -0.2) is 9.36 Å². The van der Waals surface area contributed by atoms with Crippen LogP contribution in [0.4, 0.5) is 0 Å². The van der Waals surface area contributed by atoms with Crippen LogP contribution in [0.1, 0.15) is 155 Å². The average molecular weight is 807 g/mol. The maximum Gasteiger partial charge on any atom is 0.472 e. The lowest BCUT2D eigenvalue weighted by atomic mass is 10.0. The highest BCUT2D eigenvalue weighted by molar-refractivity contribution is 7.47. The number of carbonyl (C=O) groups is 2.